The fourth-order valence-corrected chi connectivity index (χ4v) is 3.65. The number of aliphatic carboxylic acids is 1. The van der Waals surface area contributed by atoms with E-state index in [9.17, 15) is 23.1 Å². The Labute approximate surface area is 122 Å². The van der Waals surface area contributed by atoms with Gasteiger partial charge in [-0.05, 0) is 31.6 Å². The minimum Gasteiger partial charge on any atom is -0.480 e. The summed E-state index contributed by atoms with van der Waals surface area (Å²) in [5.41, 5.74) is 0. The van der Waals surface area contributed by atoms with Crippen molar-refractivity contribution in [1.82, 2.24) is 4.90 Å². The molecule has 3 atom stereocenters. The number of nitrogens with zero attached hydrogens (tertiary/aromatic N) is 1. The van der Waals surface area contributed by atoms with E-state index in [-0.39, 0.29) is 12.6 Å². The summed E-state index contributed by atoms with van der Waals surface area (Å²) < 4.78 is 40.5. The van der Waals surface area contributed by atoms with Crippen molar-refractivity contribution in [3.05, 3.63) is 0 Å². The van der Waals surface area contributed by atoms with Gasteiger partial charge in [-0.2, -0.15) is 13.2 Å². The number of rotatable bonds is 6. The van der Waals surface area contributed by atoms with Gasteiger partial charge in [-0.3, -0.25) is 9.69 Å². The normalized spacial score (nSPS) is 30.3. The zero-order valence-corrected chi connectivity index (χ0v) is 11.9. The van der Waals surface area contributed by atoms with Gasteiger partial charge in [0.1, 0.15) is 12.6 Å². The second-order valence-corrected chi connectivity index (χ2v) is 5.96. The Morgan fingerprint density at radius 1 is 1.29 bits per heavy atom. The maximum Gasteiger partial charge on any atom is 0.411 e. The Morgan fingerprint density at radius 3 is 2.67 bits per heavy atom. The molecule has 4 nitrogen and oxygen atoms in total. The van der Waals surface area contributed by atoms with Crippen LogP contribution in [0.4, 0.5) is 13.2 Å². The van der Waals surface area contributed by atoms with Gasteiger partial charge in [0.25, 0.3) is 0 Å². The Morgan fingerprint density at radius 2 is 2.00 bits per heavy atom. The van der Waals surface area contributed by atoms with Gasteiger partial charge in [-0.15, -0.1) is 0 Å². The monoisotopic (exact) mass is 309 g/mol. The first-order valence-electron chi connectivity index (χ1n) is 7.51. The summed E-state index contributed by atoms with van der Waals surface area (Å²) in [6.45, 7) is -0.725. The van der Waals surface area contributed by atoms with Gasteiger partial charge in [0, 0.05) is 19.2 Å². The van der Waals surface area contributed by atoms with Gasteiger partial charge in [0.05, 0.1) is 0 Å². The van der Waals surface area contributed by atoms with Crippen molar-refractivity contribution in [3.63, 3.8) is 0 Å². The molecule has 1 aliphatic heterocycles. The molecule has 1 N–H and O–H groups in total. The second kappa shape index (κ2) is 6.96. The first kappa shape index (κ1) is 16.5. The van der Waals surface area contributed by atoms with Crippen LogP contribution in [-0.2, 0) is 9.53 Å². The highest BCUT2D eigenvalue weighted by molar-refractivity contribution is 5.74. The molecule has 0 bridgehead atoms. The van der Waals surface area contributed by atoms with Crippen molar-refractivity contribution in [1.29, 1.82) is 0 Å². The van der Waals surface area contributed by atoms with Gasteiger partial charge in [-0.1, -0.05) is 12.8 Å². The van der Waals surface area contributed by atoms with Crippen molar-refractivity contribution in [3.8, 4) is 0 Å². The van der Waals surface area contributed by atoms with E-state index in [4.69, 9.17) is 0 Å². The van der Waals surface area contributed by atoms with E-state index < -0.39 is 24.8 Å². The second-order valence-electron chi connectivity index (χ2n) is 5.96. The lowest BCUT2D eigenvalue weighted by molar-refractivity contribution is -0.174. The van der Waals surface area contributed by atoms with E-state index in [0.29, 0.717) is 25.3 Å². The summed E-state index contributed by atoms with van der Waals surface area (Å²) in [6.07, 6.45) is 1.12. The van der Waals surface area contributed by atoms with Crippen LogP contribution >= 0.6 is 0 Å². The van der Waals surface area contributed by atoms with Crippen LogP contribution in [0.25, 0.3) is 0 Å². The molecule has 1 aliphatic carbocycles. The van der Waals surface area contributed by atoms with Crippen molar-refractivity contribution in [2.45, 2.75) is 56.8 Å². The predicted octanol–water partition coefficient (Wildman–Crippen LogP) is 2.67. The molecule has 0 radical (unpaired) electrons. The summed E-state index contributed by atoms with van der Waals surface area (Å²) in [4.78, 5) is 13.3. The number of halogens is 3. The van der Waals surface area contributed by atoms with Gasteiger partial charge in [0.15, 0.2) is 0 Å². The van der Waals surface area contributed by atoms with E-state index in [1.807, 2.05) is 4.90 Å². The minimum atomic E-state index is -4.30. The molecular weight excluding hydrogens is 287 g/mol. The molecule has 2 fully saturated rings. The highest BCUT2D eigenvalue weighted by Crippen LogP contribution is 2.39. The Balaban J connectivity index is 1.80. The van der Waals surface area contributed by atoms with Crippen LogP contribution in [0.3, 0.4) is 0 Å². The SMILES string of the molecule is O=C(O)C1CC2CCCCC2N1CCCOCC(F)(F)F. The summed E-state index contributed by atoms with van der Waals surface area (Å²) in [7, 11) is 0. The van der Waals surface area contributed by atoms with Gasteiger partial charge in [0.2, 0.25) is 0 Å². The van der Waals surface area contributed by atoms with Crippen molar-refractivity contribution >= 4 is 5.97 Å². The van der Waals surface area contributed by atoms with Crippen LogP contribution in [0.15, 0.2) is 0 Å². The topological polar surface area (TPSA) is 49.8 Å². The lowest BCUT2D eigenvalue weighted by atomic mass is 9.85. The quantitative estimate of drug-likeness (QED) is 0.766. The fourth-order valence-electron chi connectivity index (χ4n) is 3.65. The Kier molecular flexibility index (Phi) is 5.48. The van der Waals surface area contributed by atoms with Crippen molar-refractivity contribution < 1.29 is 27.8 Å². The number of hydrogen-bond acceptors (Lipinski definition) is 3. The van der Waals surface area contributed by atoms with Crippen LogP contribution in [-0.4, -0.2) is 54.0 Å². The highest BCUT2D eigenvalue weighted by atomic mass is 19.4. The van der Waals surface area contributed by atoms with Crippen LogP contribution in [0, 0.1) is 5.92 Å². The third-order valence-corrected chi connectivity index (χ3v) is 4.48. The molecule has 1 heterocycles. The van der Waals surface area contributed by atoms with Crippen molar-refractivity contribution in [2.75, 3.05) is 19.8 Å². The number of alkyl halides is 3. The number of carbonyl (C=O) groups is 1. The lowest BCUT2D eigenvalue weighted by Crippen LogP contribution is -2.43. The lowest BCUT2D eigenvalue weighted by Gasteiger charge is -2.32. The molecule has 2 aliphatic rings. The molecular formula is C14H22F3NO3. The van der Waals surface area contributed by atoms with Crippen molar-refractivity contribution in [2.24, 2.45) is 5.92 Å². The van der Waals surface area contributed by atoms with E-state index in [1.165, 1.54) is 0 Å². The number of carboxylic acid groups (broad SMARTS) is 1. The Hall–Kier alpha value is -0.820. The predicted molar refractivity (Wildman–Crippen MR) is 70.0 cm³/mol. The number of hydrogen-bond donors (Lipinski definition) is 1. The van der Waals surface area contributed by atoms with E-state index in [1.54, 1.807) is 0 Å². The van der Waals surface area contributed by atoms with E-state index in [0.717, 1.165) is 25.7 Å². The van der Waals surface area contributed by atoms with Crippen LogP contribution in [0.1, 0.15) is 38.5 Å². The average molecular weight is 309 g/mol. The third-order valence-electron chi connectivity index (χ3n) is 4.48. The third kappa shape index (κ3) is 4.57. The highest BCUT2D eigenvalue weighted by Gasteiger charge is 2.44. The summed E-state index contributed by atoms with van der Waals surface area (Å²) in [5.74, 6) is -0.392. The van der Waals surface area contributed by atoms with Crippen LogP contribution in [0.2, 0.25) is 0 Å². The molecule has 122 valence electrons. The largest absolute Gasteiger partial charge is 0.480 e. The number of carboxylic acids is 1. The smallest absolute Gasteiger partial charge is 0.411 e. The zero-order valence-electron chi connectivity index (χ0n) is 11.9. The zero-order chi connectivity index (χ0) is 15.5. The van der Waals surface area contributed by atoms with Crippen LogP contribution < -0.4 is 0 Å². The van der Waals surface area contributed by atoms with Gasteiger partial charge >= 0.3 is 12.1 Å². The molecule has 3 unspecified atom stereocenters. The average Bonchev–Trinajstić information content (AvgIpc) is 2.76. The van der Waals surface area contributed by atoms with E-state index in [2.05, 4.69) is 4.74 Å². The molecule has 1 saturated heterocycles. The number of ether oxygens (including phenoxy) is 1. The molecule has 0 aromatic heterocycles. The number of fused-ring (bicyclic) bond motifs is 1. The van der Waals surface area contributed by atoms with Gasteiger partial charge in [-0.25, -0.2) is 0 Å². The first-order chi connectivity index (χ1) is 9.88. The first-order valence-corrected chi connectivity index (χ1v) is 7.51. The molecule has 0 aromatic rings. The maximum absolute atomic E-state index is 12.0. The molecule has 0 amide bonds. The summed E-state index contributed by atoms with van der Waals surface area (Å²) in [6, 6.07) is -0.205. The van der Waals surface area contributed by atoms with Gasteiger partial charge < -0.3 is 9.84 Å². The Bertz CT molecular complexity index is 362. The maximum atomic E-state index is 12.0. The molecule has 2 rings (SSSR count). The molecule has 21 heavy (non-hydrogen) atoms. The molecule has 1 saturated carbocycles. The molecule has 0 spiro atoms. The molecule has 0 aromatic carbocycles. The van der Waals surface area contributed by atoms with Crippen LogP contribution in [0.5, 0.6) is 0 Å². The minimum absolute atomic E-state index is 0.0136. The van der Waals surface area contributed by atoms with E-state index >= 15 is 0 Å². The summed E-state index contributed by atoms with van der Waals surface area (Å²) >= 11 is 0. The molecule has 7 heteroatoms. The number of likely N-dealkylation sites (tertiary alicyclic amines) is 1. The standard InChI is InChI=1S/C14H22F3NO3/c15-14(16,17)9-21-7-3-6-18-11-5-2-1-4-10(11)8-12(18)13(19)20/h10-12H,1-9H2,(H,19,20). The fraction of sp³-hybridized carbons (Fsp3) is 0.929. The summed E-state index contributed by atoms with van der Waals surface area (Å²) in [5, 5.41) is 9.32.